The van der Waals surface area contributed by atoms with E-state index in [-0.39, 0.29) is 12.5 Å². The molecule has 1 saturated heterocycles. The van der Waals surface area contributed by atoms with Gasteiger partial charge in [-0.15, -0.1) is 0 Å². The number of hydrogen-bond acceptors (Lipinski definition) is 6. The first kappa shape index (κ1) is 21.9. The van der Waals surface area contributed by atoms with Crippen molar-refractivity contribution < 1.29 is 19.1 Å². The maximum Gasteiger partial charge on any atom is 0.264 e. The number of nitrogens with two attached hydrogens (primary N) is 1. The molecule has 1 fully saturated rings. The zero-order valence-corrected chi connectivity index (χ0v) is 18.8. The van der Waals surface area contributed by atoms with Crippen LogP contribution in [0, 0.1) is 6.92 Å². The van der Waals surface area contributed by atoms with Gasteiger partial charge in [0.1, 0.15) is 0 Å². The molecule has 9 heteroatoms. The van der Waals surface area contributed by atoms with E-state index in [0.29, 0.717) is 32.7 Å². The number of benzene rings is 2. The number of thioether (sulfide) groups is 1. The highest BCUT2D eigenvalue weighted by Gasteiger charge is 2.24. The number of nitrogens with one attached hydrogen (secondary N) is 1. The zero-order valence-electron chi connectivity index (χ0n) is 16.4. The summed E-state index contributed by atoms with van der Waals surface area (Å²) < 4.78 is 11.7. The molecule has 0 spiro atoms. The SMILES string of the molecule is CCOc1cc(/C=C2\SC(=Nc3ccc(C)cc3)NC2=O)cc(Br)c1OCC(N)=O. The average Bonchev–Trinajstić information content (AvgIpc) is 3.02. The Bertz CT molecular complexity index is 1040. The molecule has 0 atom stereocenters. The minimum atomic E-state index is -0.588. The number of halogens is 1. The van der Waals surface area contributed by atoms with Crippen molar-refractivity contribution in [2.24, 2.45) is 10.7 Å². The summed E-state index contributed by atoms with van der Waals surface area (Å²) in [5.74, 6) is 0.00355. The molecule has 30 heavy (non-hydrogen) atoms. The van der Waals surface area contributed by atoms with Crippen molar-refractivity contribution in [1.82, 2.24) is 5.32 Å². The number of nitrogens with zero attached hydrogens (tertiary/aromatic N) is 1. The van der Waals surface area contributed by atoms with E-state index in [0.717, 1.165) is 16.8 Å². The molecule has 156 valence electrons. The first-order chi connectivity index (χ1) is 14.4. The number of ether oxygens (including phenoxy) is 2. The molecule has 0 saturated carbocycles. The van der Waals surface area contributed by atoms with Gasteiger partial charge in [0, 0.05) is 0 Å². The molecule has 0 aromatic heterocycles. The quantitative estimate of drug-likeness (QED) is 0.573. The van der Waals surface area contributed by atoms with Crippen molar-refractivity contribution in [1.29, 1.82) is 0 Å². The van der Waals surface area contributed by atoms with Crippen LogP contribution in [0.4, 0.5) is 5.69 Å². The summed E-state index contributed by atoms with van der Waals surface area (Å²) in [6.45, 7) is 3.98. The van der Waals surface area contributed by atoms with Crippen LogP contribution >= 0.6 is 27.7 Å². The predicted octanol–water partition coefficient (Wildman–Crippen LogP) is 3.91. The Morgan fingerprint density at radius 3 is 2.67 bits per heavy atom. The molecular weight excluding hydrogens is 470 g/mol. The number of amidine groups is 1. The Kier molecular flexibility index (Phi) is 7.17. The van der Waals surface area contributed by atoms with E-state index in [9.17, 15) is 9.59 Å². The summed E-state index contributed by atoms with van der Waals surface area (Å²) in [6.07, 6.45) is 1.74. The van der Waals surface area contributed by atoms with Crippen LogP contribution in [0.1, 0.15) is 18.1 Å². The first-order valence-electron chi connectivity index (χ1n) is 9.09. The molecule has 1 aliphatic heterocycles. The minimum Gasteiger partial charge on any atom is -0.490 e. The van der Waals surface area contributed by atoms with Crippen LogP contribution in [-0.2, 0) is 9.59 Å². The molecule has 2 amide bonds. The number of rotatable bonds is 7. The van der Waals surface area contributed by atoms with Gasteiger partial charge in [0.15, 0.2) is 23.3 Å². The summed E-state index contributed by atoms with van der Waals surface area (Å²) in [6, 6.07) is 11.2. The molecule has 3 rings (SSSR count). The number of aryl methyl sites for hydroxylation is 1. The van der Waals surface area contributed by atoms with E-state index in [4.69, 9.17) is 15.2 Å². The van der Waals surface area contributed by atoms with Gasteiger partial charge in [-0.3, -0.25) is 9.59 Å². The second kappa shape index (κ2) is 9.82. The molecule has 2 aromatic rings. The fourth-order valence-corrected chi connectivity index (χ4v) is 4.00. The molecule has 1 heterocycles. The summed E-state index contributed by atoms with van der Waals surface area (Å²) >= 11 is 4.69. The second-order valence-electron chi connectivity index (χ2n) is 6.34. The van der Waals surface area contributed by atoms with Gasteiger partial charge in [0.2, 0.25) is 0 Å². The van der Waals surface area contributed by atoms with E-state index < -0.39 is 5.91 Å². The van der Waals surface area contributed by atoms with Crippen molar-refractivity contribution in [3.63, 3.8) is 0 Å². The summed E-state index contributed by atoms with van der Waals surface area (Å²) in [5, 5.41) is 3.29. The standard InChI is InChI=1S/C21H20BrN3O4S/c1-3-28-16-9-13(8-15(22)19(16)29-11-18(23)26)10-17-20(27)25-21(30-17)24-14-6-4-12(2)5-7-14/h4-10H,3,11H2,1-2H3,(H2,23,26)(H,24,25,27)/b17-10-. The van der Waals surface area contributed by atoms with Crippen molar-refractivity contribution in [2.75, 3.05) is 13.2 Å². The third-order valence-corrected chi connectivity index (χ3v) is 5.40. The van der Waals surface area contributed by atoms with Crippen molar-refractivity contribution in [3.05, 3.63) is 56.9 Å². The summed E-state index contributed by atoms with van der Waals surface area (Å²) in [7, 11) is 0. The maximum atomic E-state index is 12.4. The van der Waals surface area contributed by atoms with E-state index in [1.165, 1.54) is 11.8 Å². The minimum absolute atomic E-state index is 0.228. The van der Waals surface area contributed by atoms with Crippen LogP contribution in [0.5, 0.6) is 11.5 Å². The van der Waals surface area contributed by atoms with Crippen molar-refractivity contribution in [3.8, 4) is 11.5 Å². The molecule has 0 bridgehead atoms. The van der Waals surface area contributed by atoms with Crippen molar-refractivity contribution >= 4 is 56.4 Å². The van der Waals surface area contributed by atoms with Gasteiger partial charge in [0.05, 0.1) is 21.7 Å². The molecule has 0 unspecified atom stereocenters. The fourth-order valence-electron chi connectivity index (χ4n) is 2.59. The number of carbonyl (C=O) groups is 2. The van der Waals surface area contributed by atoms with Gasteiger partial charge in [-0.2, -0.15) is 0 Å². The Balaban J connectivity index is 1.85. The van der Waals surface area contributed by atoms with E-state index in [2.05, 4.69) is 26.2 Å². The average molecular weight is 490 g/mol. The van der Waals surface area contributed by atoms with E-state index in [1.807, 2.05) is 38.1 Å². The van der Waals surface area contributed by atoms with Crippen LogP contribution in [0.2, 0.25) is 0 Å². The Hall–Kier alpha value is -2.78. The largest absolute Gasteiger partial charge is 0.490 e. The van der Waals surface area contributed by atoms with Gasteiger partial charge in [-0.05, 0) is 77.4 Å². The third kappa shape index (κ3) is 5.64. The summed E-state index contributed by atoms with van der Waals surface area (Å²) in [5.41, 5.74) is 7.79. The number of amides is 2. The van der Waals surface area contributed by atoms with Crippen LogP contribution in [-0.4, -0.2) is 30.2 Å². The van der Waals surface area contributed by atoms with Gasteiger partial charge in [-0.25, -0.2) is 4.99 Å². The third-order valence-electron chi connectivity index (χ3n) is 3.90. The lowest BCUT2D eigenvalue weighted by molar-refractivity contribution is -0.120. The predicted molar refractivity (Wildman–Crippen MR) is 122 cm³/mol. The lowest BCUT2D eigenvalue weighted by Crippen LogP contribution is -2.20. The van der Waals surface area contributed by atoms with Gasteiger partial charge in [0.25, 0.3) is 11.8 Å². The Morgan fingerprint density at radius 2 is 2.00 bits per heavy atom. The highest BCUT2D eigenvalue weighted by molar-refractivity contribution is 9.10. The molecule has 0 aliphatic carbocycles. The number of primary amides is 1. The van der Waals surface area contributed by atoms with E-state index in [1.54, 1.807) is 18.2 Å². The Morgan fingerprint density at radius 1 is 1.27 bits per heavy atom. The fraction of sp³-hybridized carbons (Fsp3) is 0.190. The number of carbonyl (C=O) groups excluding carboxylic acids is 2. The first-order valence-corrected chi connectivity index (χ1v) is 10.7. The highest BCUT2D eigenvalue weighted by atomic mass is 79.9. The highest BCUT2D eigenvalue weighted by Crippen LogP contribution is 2.38. The van der Waals surface area contributed by atoms with Crippen molar-refractivity contribution in [2.45, 2.75) is 13.8 Å². The molecule has 3 N–H and O–H groups in total. The molecule has 1 aliphatic rings. The maximum absolute atomic E-state index is 12.4. The van der Waals surface area contributed by atoms with Gasteiger partial charge >= 0.3 is 0 Å². The summed E-state index contributed by atoms with van der Waals surface area (Å²) in [4.78, 5) is 28.4. The molecule has 2 aromatic carbocycles. The van der Waals surface area contributed by atoms with Crippen LogP contribution < -0.4 is 20.5 Å². The van der Waals surface area contributed by atoms with E-state index >= 15 is 0 Å². The van der Waals surface area contributed by atoms with Crippen LogP contribution in [0.25, 0.3) is 6.08 Å². The molecule has 7 nitrogen and oxygen atoms in total. The van der Waals surface area contributed by atoms with Crippen LogP contribution in [0.15, 0.2) is 50.8 Å². The smallest absolute Gasteiger partial charge is 0.264 e. The normalized spacial score (nSPS) is 16.0. The zero-order chi connectivity index (χ0) is 21.7. The lowest BCUT2D eigenvalue weighted by atomic mass is 10.2. The molecular formula is C21H20BrN3O4S. The topological polar surface area (TPSA) is 103 Å². The van der Waals surface area contributed by atoms with Gasteiger partial charge < -0.3 is 20.5 Å². The Labute approximate surface area is 186 Å². The monoisotopic (exact) mass is 489 g/mol. The molecule has 0 radical (unpaired) electrons. The van der Waals surface area contributed by atoms with Gasteiger partial charge in [-0.1, -0.05) is 17.7 Å². The number of aliphatic imine (C=N–C) groups is 1. The second-order valence-corrected chi connectivity index (χ2v) is 8.22. The number of hydrogen-bond donors (Lipinski definition) is 2. The van der Waals surface area contributed by atoms with Crippen LogP contribution in [0.3, 0.4) is 0 Å². The lowest BCUT2D eigenvalue weighted by Gasteiger charge is -2.13.